The van der Waals surface area contributed by atoms with Crippen molar-refractivity contribution in [2.75, 3.05) is 5.73 Å². The zero-order valence-corrected chi connectivity index (χ0v) is 11.7. The summed E-state index contributed by atoms with van der Waals surface area (Å²) in [7, 11) is 0. The van der Waals surface area contributed by atoms with Crippen molar-refractivity contribution in [1.82, 2.24) is 5.43 Å². The van der Waals surface area contributed by atoms with E-state index < -0.39 is 17.5 Å². The molecule has 0 aliphatic rings. The standard InChI is InChI=1S/C14H13F2N3OS/c15-10-4-11(17)6-12(5-10)21-7-9-3-8(14(20)19-18)1-2-13(9)16/h1-6H,7,17-18H2,(H,19,20). The number of anilines is 1. The molecule has 0 aliphatic heterocycles. The molecule has 5 N–H and O–H groups in total. The van der Waals surface area contributed by atoms with E-state index in [0.29, 0.717) is 16.1 Å². The van der Waals surface area contributed by atoms with Gasteiger partial charge in [-0.3, -0.25) is 10.2 Å². The van der Waals surface area contributed by atoms with Gasteiger partial charge in [0.15, 0.2) is 0 Å². The average molecular weight is 309 g/mol. The van der Waals surface area contributed by atoms with Gasteiger partial charge in [-0.1, -0.05) is 0 Å². The number of nitrogens with one attached hydrogen (secondary N) is 1. The van der Waals surface area contributed by atoms with Crippen LogP contribution in [0.2, 0.25) is 0 Å². The molecule has 0 unspecified atom stereocenters. The SMILES string of the molecule is NNC(=O)c1ccc(F)c(CSc2cc(N)cc(F)c2)c1. The zero-order chi connectivity index (χ0) is 15.4. The van der Waals surface area contributed by atoms with Crippen molar-refractivity contribution in [3.63, 3.8) is 0 Å². The van der Waals surface area contributed by atoms with Gasteiger partial charge < -0.3 is 5.73 Å². The second kappa shape index (κ2) is 6.55. The Balaban J connectivity index is 2.17. The first-order chi connectivity index (χ1) is 9.99. The first kappa shape index (κ1) is 15.3. The number of halogens is 2. The molecular weight excluding hydrogens is 296 g/mol. The predicted molar refractivity (Wildman–Crippen MR) is 78.4 cm³/mol. The summed E-state index contributed by atoms with van der Waals surface area (Å²) in [6.07, 6.45) is 0. The third-order valence-electron chi connectivity index (χ3n) is 2.73. The van der Waals surface area contributed by atoms with Gasteiger partial charge in [-0.25, -0.2) is 14.6 Å². The van der Waals surface area contributed by atoms with Crippen molar-refractivity contribution in [1.29, 1.82) is 0 Å². The Morgan fingerprint density at radius 2 is 1.95 bits per heavy atom. The largest absolute Gasteiger partial charge is 0.399 e. The number of hydrogen-bond acceptors (Lipinski definition) is 4. The van der Waals surface area contributed by atoms with Crippen molar-refractivity contribution in [3.05, 3.63) is 59.2 Å². The average Bonchev–Trinajstić information content (AvgIpc) is 2.44. The Hall–Kier alpha value is -2.12. The Bertz CT molecular complexity index is 659. The summed E-state index contributed by atoms with van der Waals surface area (Å²) in [6.45, 7) is 0. The molecule has 7 heteroatoms. The van der Waals surface area contributed by atoms with Crippen LogP contribution < -0.4 is 17.0 Å². The van der Waals surface area contributed by atoms with Gasteiger partial charge in [0.1, 0.15) is 11.6 Å². The molecule has 2 aromatic rings. The summed E-state index contributed by atoms with van der Waals surface area (Å²) < 4.78 is 26.9. The summed E-state index contributed by atoms with van der Waals surface area (Å²) in [5.41, 5.74) is 8.41. The topological polar surface area (TPSA) is 81.1 Å². The van der Waals surface area contributed by atoms with E-state index >= 15 is 0 Å². The van der Waals surface area contributed by atoms with Crippen molar-refractivity contribution in [2.45, 2.75) is 10.6 Å². The minimum absolute atomic E-state index is 0.237. The lowest BCUT2D eigenvalue weighted by Gasteiger charge is -2.07. The monoisotopic (exact) mass is 309 g/mol. The van der Waals surface area contributed by atoms with E-state index in [1.54, 1.807) is 6.07 Å². The molecule has 0 spiro atoms. The van der Waals surface area contributed by atoms with E-state index in [2.05, 4.69) is 0 Å². The molecule has 0 bridgehead atoms. The number of carbonyl (C=O) groups is 1. The number of amides is 1. The third-order valence-corrected chi connectivity index (χ3v) is 3.75. The fraction of sp³-hybridized carbons (Fsp3) is 0.0714. The van der Waals surface area contributed by atoms with E-state index in [4.69, 9.17) is 11.6 Å². The van der Waals surface area contributed by atoms with Gasteiger partial charge >= 0.3 is 0 Å². The van der Waals surface area contributed by atoms with Gasteiger partial charge in [-0.05, 0) is 42.0 Å². The first-order valence-electron chi connectivity index (χ1n) is 5.98. The number of carbonyl (C=O) groups excluding carboxylic acids is 1. The molecule has 21 heavy (non-hydrogen) atoms. The second-order valence-electron chi connectivity index (χ2n) is 4.29. The lowest BCUT2D eigenvalue weighted by Crippen LogP contribution is -2.30. The van der Waals surface area contributed by atoms with Crippen LogP contribution in [0, 0.1) is 11.6 Å². The molecule has 0 saturated heterocycles. The highest BCUT2D eigenvalue weighted by Gasteiger charge is 2.09. The van der Waals surface area contributed by atoms with Gasteiger partial charge in [0.2, 0.25) is 0 Å². The molecule has 110 valence electrons. The maximum absolute atomic E-state index is 13.7. The maximum atomic E-state index is 13.7. The molecule has 0 radical (unpaired) electrons. The number of hydrazine groups is 1. The quantitative estimate of drug-likeness (QED) is 0.266. The van der Waals surface area contributed by atoms with Gasteiger partial charge in [-0.15, -0.1) is 11.8 Å². The van der Waals surface area contributed by atoms with Crippen LogP contribution in [0.3, 0.4) is 0 Å². The molecule has 2 aromatic carbocycles. The Morgan fingerprint density at radius 1 is 1.19 bits per heavy atom. The van der Waals surface area contributed by atoms with Crippen molar-refractivity contribution >= 4 is 23.4 Å². The minimum Gasteiger partial charge on any atom is -0.399 e. The maximum Gasteiger partial charge on any atom is 0.265 e. The van der Waals surface area contributed by atoms with Crippen LogP contribution >= 0.6 is 11.8 Å². The number of nitrogen functional groups attached to an aromatic ring is 2. The molecule has 2 rings (SSSR count). The van der Waals surface area contributed by atoms with E-state index in [-0.39, 0.29) is 11.3 Å². The summed E-state index contributed by atoms with van der Waals surface area (Å²) in [6, 6.07) is 8.06. The highest BCUT2D eigenvalue weighted by molar-refractivity contribution is 7.98. The van der Waals surface area contributed by atoms with E-state index in [0.717, 1.165) is 0 Å². The molecule has 0 atom stereocenters. The third kappa shape index (κ3) is 3.93. The van der Waals surface area contributed by atoms with Gasteiger partial charge in [0.05, 0.1) is 0 Å². The van der Waals surface area contributed by atoms with Gasteiger partial charge in [-0.2, -0.15) is 0 Å². The molecule has 4 nitrogen and oxygen atoms in total. The Kier molecular flexibility index (Phi) is 4.77. The number of rotatable bonds is 4. The fourth-order valence-electron chi connectivity index (χ4n) is 1.74. The fourth-order valence-corrected chi connectivity index (χ4v) is 2.70. The predicted octanol–water partition coefficient (Wildman–Crippen LogP) is 2.44. The lowest BCUT2D eigenvalue weighted by atomic mass is 10.1. The van der Waals surface area contributed by atoms with E-state index in [9.17, 15) is 13.6 Å². The Labute approximate surface area is 124 Å². The molecule has 0 heterocycles. The van der Waals surface area contributed by atoms with Gasteiger partial charge in [0, 0.05) is 21.9 Å². The van der Waals surface area contributed by atoms with Crippen molar-refractivity contribution < 1.29 is 13.6 Å². The number of nitrogens with two attached hydrogens (primary N) is 2. The van der Waals surface area contributed by atoms with Crippen molar-refractivity contribution in [3.8, 4) is 0 Å². The number of thioether (sulfide) groups is 1. The van der Waals surface area contributed by atoms with Crippen LogP contribution in [0.15, 0.2) is 41.3 Å². The van der Waals surface area contributed by atoms with Crippen LogP contribution in [0.4, 0.5) is 14.5 Å². The molecule has 0 aliphatic carbocycles. The molecular formula is C14H13F2N3OS. The Morgan fingerprint density at radius 3 is 2.62 bits per heavy atom. The minimum atomic E-state index is -0.503. The molecule has 0 saturated carbocycles. The summed E-state index contributed by atoms with van der Waals surface area (Å²) >= 11 is 1.22. The van der Waals surface area contributed by atoms with Crippen LogP contribution in [-0.2, 0) is 5.75 Å². The molecule has 0 fully saturated rings. The van der Waals surface area contributed by atoms with E-state index in [1.165, 1.54) is 42.1 Å². The molecule has 1 amide bonds. The first-order valence-corrected chi connectivity index (χ1v) is 6.96. The second-order valence-corrected chi connectivity index (χ2v) is 5.34. The van der Waals surface area contributed by atoms with Crippen molar-refractivity contribution in [2.24, 2.45) is 5.84 Å². The van der Waals surface area contributed by atoms with Crippen LogP contribution in [-0.4, -0.2) is 5.91 Å². The van der Waals surface area contributed by atoms with Crippen LogP contribution in [0.5, 0.6) is 0 Å². The van der Waals surface area contributed by atoms with E-state index in [1.807, 2.05) is 5.43 Å². The molecule has 0 aromatic heterocycles. The smallest absolute Gasteiger partial charge is 0.265 e. The van der Waals surface area contributed by atoms with Crippen LogP contribution in [0.1, 0.15) is 15.9 Å². The zero-order valence-electron chi connectivity index (χ0n) is 10.9. The normalized spacial score (nSPS) is 10.4. The highest BCUT2D eigenvalue weighted by atomic mass is 32.2. The lowest BCUT2D eigenvalue weighted by molar-refractivity contribution is 0.0953. The number of benzene rings is 2. The summed E-state index contributed by atoms with van der Waals surface area (Å²) in [5.74, 6) is 3.88. The van der Waals surface area contributed by atoms with Gasteiger partial charge in [0.25, 0.3) is 5.91 Å². The highest BCUT2D eigenvalue weighted by Crippen LogP contribution is 2.27. The van der Waals surface area contributed by atoms with Crippen LogP contribution in [0.25, 0.3) is 0 Å². The summed E-state index contributed by atoms with van der Waals surface area (Å²) in [5, 5.41) is 0. The summed E-state index contributed by atoms with van der Waals surface area (Å²) in [4.78, 5) is 12.0. The number of hydrogen-bond donors (Lipinski definition) is 3.